The second-order valence-corrected chi connectivity index (χ2v) is 4.48. The number of benzene rings is 1. The zero-order valence-corrected chi connectivity index (χ0v) is 10.2. The zero-order valence-electron chi connectivity index (χ0n) is 7.82. The van der Waals surface area contributed by atoms with Gasteiger partial charge in [0, 0.05) is 11.2 Å². The van der Waals surface area contributed by atoms with Gasteiger partial charge in [-0.2, -0.15) is 5.10 Å². The fourth-order valence-corrected chi connectivity index (χ4v) is 1.84. The average molecular weight is 287 g/mol. The van der Waals surface area contributed by atoms with Gasteiger partial charge in [0.2, 0.25) is 0 Å². The number of anilines is 1. The molecule has 0 unspecified atom stereocenters. The van der Waals surface area contributed by atoms with Crippen LogP contribution in [-0.2, 0) is 6.54 Å². The van der Waals surface area contributed by atoms with E-state index in [1.807, 2.05) is 30.5 Å². The van der Waals surface area contributed by atoms with E-state index >= 15 is 0 Å². The largest absolute Gasteiger partial charge is 0.381 e. The molecule has 2 rings (SSSR count). The van der Waals surface area contributed by atoms with Gasteiger partial charge in [0.1, 0.15) is 0 Å². The van der Waals surface area contributed by atoms with Gasteiger partial charge in [0.15, 0.2) is 5.82 Å². The first-order valence-corrected chi connectivity index (χ1v) is 5.55. The molecular weight excluding hydrogens is 277 g/mol. The highest BCUT2D eigenvalue weighted by atomic mass is 79.9. The van der Waals surface area contributed by atoms with Crippen LogP contribution >= 0.6 is 27.5 Å². The van der Waals surface area contributed by atoms with E-state index in [1.54, 1.807) is 4.68 Å². The summed E-state index contributed by atoms with van der Waals surface area (Å²) in [6.45, 7) is 0.663. The molecular formula is C10H9BrClN3. The molecule has 0 amide bonds. The van der Waals surface area contributed by atoms with Gasteiger partial charge in [-0.3, -0.25) is 4.68 Å². The normalized spacial score (nSPS) is 10.5. The van der Waals surface area contributed by atoms with Crippen molar-refractivity contribution in [2.75, 3.05) is 5.73 Å². The summed E-state index contributed by atoms with van der Waals surface area (Å²) in [6, 6.07) is 7.67. The lowest BCUT2D eigenvalue weighted by Gasteiger charge is -2.01. The Hall–Kier alpha value is -1.000. The average Bonchev–Trinajstić information content (AvgIpc) is 2.45. The lowest BCUT2D eigenvalue weighted by atomic mass is 10.2. The Morgan fingerprint density at radius 1 is 1.47 bits per heavy atom. The predicted molar refractivity (Wildman–Crippen MR) is 64.9 cm³/mol. The molecule has 0 fully saturated rings. The van der Waals surface area contributed by atoms with E-state index in [0.29, 0.717) is 12.4 Å². The fraction of sp³-hybridized carbons (Fsp3) is 0.100. The molecule has 5 heteroatoms. The molecule has 2 N–H and O–H groups in total. The Labute approximate surface area is 101 Å². The molecule has 0 radical (unpaired) electrons. The van der Waals surface area contributed by atoms with Crippen molar-refractivity contribution in [3.63, 3.8) is 0 Å². The summed E-state index contributed by atoms with van der Waals surface area (Å²) >= 11 is 9.19. The van der Waals surface area contributed by atoms with Crippen LogP contribution in [0.15, 0.2) is 34.9 Å². The van der Waals surface area contributed by atoms with Crippen LogP contribution in [0.2, 0.25) is 5.02 Å². The number of rotatable bonds is 2. The summed E-state index contributed by atoms with van der Waals surface area (Å²) in [6.07, 6.45) is 1.84. The molecule has 1 aromatic heterocycles. The minimum Gasteiger partial charge on any atom is -0.381 e. The Morgan fingerprint density at radius 2 is 2.27 bits per heavy atom. The third-order valence-corrected chi connectivity index (χ3v) is 2.82. The van der Waals surface area contributed by atoms with E-state index in [0.717, 1.165) is 15.1 Å². The molecule has 0 saturated heterocycles. The Balaban J connectivity index is 2.22. The molecule has 0 spiro atoms. The van der Waals surface area contributed by atoms with E-state index in [1.165, 1.54) is 0 Å². The highest BCUT2D eigenvalue weighted by Crippen LogP contribution is 2.18. The van der Waals surface area contributed by atoms with Crippen LogP contribution in [0.4, 0.5) is 5.82 Å². The van der Waals surface area contributed by atoms with Crippen LogP contribution in [0.5, 0.6) is 0 Å². The summed E-state index contributed by atoms with van der Waals surface area (Å²) in [5.41, 5.74) is 6.71. The van der Waals surface area contributed by atoms with Crippen molar-refractivity contribution < 1.29 is 0 Å². The van der Waals surface area contributed by atoms with Gasteiger partial charge in [-0.05, 0) is 33.6 Å². The SMILES string of the molecule is Nc1nn(Cc2cccc(Cl)c2)cc1Br. The van der Waals surface area contributed by atoms with Crippen molar-refractivity contribution in [3.8, 4) is 0 Å². The topological polar surface area (TPSA) is 43.8 Å². The number of nitrogens with zero attached hydrogens (tertiary/aromatic N) is 2. The van der Waals surface area contributed by atoms with E-state index in [9.17, 15) is 0 Å². The first-order chi connectivity index (χ1) is 7.15. The molecule has 0 aliphatic heterocycles. The molecule has 0 bridgehead atoms. The van der Waals surface area contributed by atoms with Crippen LogP contribution < -0.4 is 5.73 Å². The van der Waals surface area contributed by atoms with Gasteiger partial charge >= 0.3 is 0 Å². The number of hydrogen-bond acceptors (Lipinski definition) is 2. The molecule has 0 atom stereocenters. The number of halogens is 2. The third kappa shape index (κ3) is 2.52. The summed E-state index contributed by atoms with van der Waals surface area (Å²) in [4.78, 5) is 0. The van der Waals surface area contributed by atoms with Gasteiger partial charge in [-0.25, -0.2) is 0 Å². The molecule has 1 aromatic carbocycles. The van der Waals surface area contributed by atoms with Crippen LogP contribution in [0.1, 0.15) is 5.56 Å². The second-order valence-electron chi connectivity index (χ2n) is 3.19. The molecule has 78 valence electrons. The first kappa shape index (κ1) is 10.5. The van der Waals surface area contributed by atoms with Crippen LogP contribution in [0.3, 0.4) is 0 Å². The van der Waals surface area contributed by atoms with Crippen LogP contribution in [0, 0.1) is 0 Å². The summed E-state index contributed by atoms with van der Waals surface area (Å²) in [7, 11) is 0. The maximum Gasteiger partial charge on any atom is 0.159 e. The summed E-state index contributed by atoms with van der Waals surface area (Å²) < 4.78 is 2.58. The minimum atomic E-state index is 0.497. The first-order valence-electron chi connectivity index (χ1n) is 4.38. The molecule has 15 heavy (non-hydrogen) atoms. The van der Waals surface area contributed by atoms with Crippen molar-refractivity contribution >= 4 is 33.3 Å². The maximum atomic E-state index is 5.88. The molecule has 1 heterocycles. The number of hydrogen-bond donors (Lipinski definition) is 1. The molecule has 3 nitrogen and oxygen atoms in total. The van der Waals surface area contributed by atoms with Gasteiger partial charge < -0.3 is 5.73 Å². The molecule has 2 aromatic rings. The monoisotopic (exact) mass is 285 g/mol. The molecule has 0 saturated carbocycles. The van der Waals surface area contributed by atoms with Crippen molar-refractivity contribution in [1.82, 2.24) is 9.78 Å². The Morgan fingerprint density at radius 3 is 2.87 bits per heavy atom. The second kappa shape index (κ2) is 4.24. The van der Waals surface area contributed by atoms with Crippen molar-refractivity contribution in [1.29, 1.82) is 0 Å². The standard InChI is InChI=1S/C10H9BrClN3/c11-9-6-15(14-10(9)13)5-7-2-1-3-8(12)4-7/h1-4,6H,5H2,(H2,13,14). The highest BCUT2D eigenvalue weighted by Gasteiger charge is 2.02. The molecule has 0 aliphatic carbocycles. The van der Waals surface area contributed by atoms with Crippen LogP contribution in [0.25, 0.3) is 0 Å². The van der Waals surface area contributed by atoms with E-state index < -0.39 is 0 Å². The fourth-order valence-electron chi connectivity index (χ4n) is 1.32. The van der Waals surface area contributed by atoms with Crippen LogP contribution in [-0.4, -0.2) is 9.78 Å². The van der Waals surface area contributed by atoms with E-state index in [2.05, 4.69) is 21.0 Å². The summed E-state index contributed by atoms with van der Waals surface area (Å²) in [5, 5.41) is 4.87. The highest BCUT2D eigenvalue weighted by molar-refractivity contribution is 9.10. The number of nitrogen functional groups attached to an aromatic ring is 1. The maximum absolute atomic E-state index is 5.88. The Bertz CT molecular complexity index is 462. The predicted octanol–water partition coefficient (Wildman–Crippen LogP) is 2.93. The lowest BCUT2D eigenvalue weighted by molar-refractivity contribution is 0.690. The lowest BCUT2D eigenvalue weighted by Crippen LogP contribution is -2.00. The van der Waals surface area contributed by atoms with Crippen molar-refractivity contribution in [2.24, 2.45) is 0 Å². The smallest absolute Gasteiger partial charge is 0.159 e. The van der Waals surface area contributed by atoms with Gasteiger partial charge in [0.05, 0.1) is 11.0 Å². The number of nitrogens with two attached hydrogens (primary N) is 1. The third-order valence-electron chi connectivity index (χ3n) is 1.98. The van der Waals surface area contributed by atoms with E-state index in [-0.39, 0.29) is 0 Å². The van der Waals surface area contributed by atoms with Gasteiger partial charge in [-0.15, -0.1) is 0 Å². The Kier molecular flexibility index (Phi) is 2.98. The van der Waals surface area contributed by atoms with Gasteiger partial charge in [-0.1, -0.05) is 23.7 Å². The van der Waals surface area contributed by atoms with Crippen molar-refractivity contribution in [3.05, 3.63) is 45.5 Å². The van der Waals surface area contributed by atoms with Crippen molar-refractivity contribution in [2.45, 2.75) is 6.54 Å². The van der Waals surface area contributed by atoms with E-state index in [4.69, 9.17) is 17.3 Å². The minimum absolute atomic E-state index is 0.497. The number of aromatic nitrogens is 2. The molecule has 0 aliphatic rings. The quantitative estimate of drug-likeness (QED) is 0.922. The van der Waals surface area contributed by atoms with Gasteiger partial charge in [0.25, 0.3) is 0 Å². The summed E-state index contributed by atoms with van der Waals surface area (Å²) in [5.74, 6) is 0.497. The zero-order chi connectivity index (χ0) is 10.8.